The first kappa shape index (κ1) is 22.8. The molecule has 1 aliphatic rings. The van der Waals surface area contributed by atoms with E-state index in [9.17, 15) is 18.0 Å². The van der Waals surface area contributed by atoms with Crippen LogP contribution in [-0.2, 0) is 26.2 Å². The molecule has 0 radical (unpaired) electrons. The first-order valence-corrected chi connectivity index (χ1v) is 9.25. The molecule has 1 N–H and O–H groups in total. The van der Waals surface area contributed by atoms with Crippen molar-refractivity contribution in [2.24, 2.45) is 0 Å². The summed E-state index contributed by atoms with van der Waals surface area (Å²) in [6.45, 7) is 6.91. The van der Waals surface area contributed by atoms with Gasteiger partial charge in [-0.05, 0) is 46.2 Å². The molecule has 5 nitrogen and oxygen atoms in total. The summed E-state index contributed by atoms with van der Waals surface area (Å²) < 4.78 is 57.1. The molecule has 0 saturated carbocycles. The lowest BCUT2D eigenvalue weighted by molar-refractivity contribution is -0.228. The van der Waals surface area contributed by atoms with Crippen LogP contribution in [0.2, 0.25) is 5.02 Å². The highest BCUT2D eigenvalue weighted by atomic mass is 35.5. The molecule has 0 bridgehead atoms. The lowest BCUT2D eigenvalue weighted by atomic mass is 9.96. The van der Waals surface area contributed by atoms with E-state index < -0.39 is 41.4 Å². The van der Waals surface area contributed by atoms with Crippen molar-refractivity contribution in [3.63, 3.8) is 0 Å². The highest BCUT2D eigenvalue weighted by Crippen LogP contribution is 2.46. The van der Waals surface area contributed by atoms with Gasteiger partial charge in [0.2, 0.25) is 0 Å². The second-order valence-electron chi connectivity index (χ2n) is 7.77. The first-order valence-electron chi connectivity index (χ1n) is 8.87. The van der Waals surface area contributed by atoms with Gasteiger partial charge in [-0.3, -0.25) is 0 Å². The largest absolute Gasteiger partial charge is 0.444 e. The van der Waals surface area contributed by atoms with Crippen LogP contribution < -0.4 is 5.32 Å². The van der Waals surface area contributed by atoms with E-state index in [1.54, 1.807) is 27.7 Å². The van der Waals surface area contributed by atoms with Gasteiger partial charge in [-0.15, -0.1) is 0 Å². The van der Waals surface area contributed by atoms with Gasteiger partial charge in [-0.1, -0.05) is 17.7 Å². The summed E-state index contributed by atoms with van der Waals surface area (Å²) in [6.07, 6.45) is -5.21. The van der Waals surface area contributed by atoms with Gasteiger partial charge in [0.25, 0.3) is 0 Å². The van der Waals surface area contributed by atoms with Gasteiger partial charge in [-0.2, -0.15) is 13.2 Å². The highest BCUT2D eigenvalue weighted by molar-refractivity contribution is 6.30. The van der Waals surface area contributed by atoms with E-state index >= 15 is 0 Å². The van der Waals surface area contributed by atoms with Crippen LogP contribution in [0.25, 0.3) is 0 Å². The molecule has 0 aliphatic carbocycles. The lowest BCUT2D eigenvalue weighted by Crippen LogP contribution is -2.44. The summed E-state index contributed by atoms with van der Waals surface area (Å²) in [5.74, 6) is -1.58. The van der Waals surface area contributed by atoms with Crippen molar-refractivity contribution in [2.75, 3.05) is 7.11 Å². The van der Waals surface area contributed by atoms with Gasteiger partial charge in [0.15, 0.2) is 5.79 Å². The van der Waals surface area contributed by atoms with Crippen molar-refractivity contribution in [3.8, 4) is 0 Å². The molecular formula is C19H25ClF3NO4. The molecule has 1 saturated heterocycles. The Morgan fingerprint density at radius 1 is 1.36 bits per heavy atom. The molecule has 1 fully saturated rings. The van der Waals surface area contributed by atoms with Crippen molar-refractivity contribution in [1.29, 1.82) is 0 Å². The highest BCUT2D eigenvalue weighted by Gasteiger charge is 2.49. The summed E-state index contributed by atoms with van der Waals surface area (Å²) in [6, 6.07) is 3.00. The number of amides is 1. The Hall–Kier alpha value is -1.51. The van der Waals surface area contributed by atoms with E-state index in [1.165, 1.54) is 19.2 Å². The third-order valence-corrected chi connectivity index (χ3v) is 4.66. The Morgan fingerprint density at radius 3 is 2.54 bits per heavy atom. The first-order chi connectivity index (χ1) is 12.8. The number of ether oxygens (including phenoxy) is 3. The molecular weight excluding hydrogens is 399 g/mol. The smallest absolute Gasteiger partial charge is 0.416 e. The van der Waals surface area contributed by atoms with Crippen LogP contribution >= 0.6 is 11.6 Å². The summed E-state index contributed by atoms with van der Waals surface area (Å²) in [4.78, 5) is 12.0. The SMILES string of the molecule is COC1(c2ccc(Cl)cc2C(F)(F)F)CC[C@@H]([C@H](C)NC(=O)OC(C)(C)C)O1. The molecule has 0 aromatic heterocycles. The predicted molar refractivity (Wildman–Crippen MR) is 98.1 cm³/mol. The van der Waals surface area contributed by atoms with Gasteiger partial charge in [0.05, 0.1) is 17.7 Å². The van der Waals surface area contributed by atoms with Gasteiger partial charge in [0, 0.05) is 24.1 Å². The Bertz CT molecular complexity index is 720. The molecule has 28 heavy (non-hydrogen) atoms. The van der Waals surface area contributed by atoms with Gasteiger partial charge in [-0.25, -0.2) is 4.79 Å². The zero-order valence-corrected chi connectivity index (χ0v) is 17.2. The van der Waals surface area contributed by atoms with Crippen LogP contribution in [0.3, 0.4) is 0 Å². The van der Waals surface area contributed by atoms with E-state index in [2.05, 4.69) is 5.32 Å². The van der Waals surface area contributed by atoms with E-state index in [1.807, 2.05) is 0 Å². The molecule has 1 amide bonds. The van der Waals surface area contributed by atoms with Crippen LogP contribution in [0.4, 0.5) is 18.0 Å². The summed E-state index contributed by atoms with van der Waals surface area (Å²) in [5, 5.41) is 2.63. The van der Waals surface area contributed by atoms with Gasteiger partial charge in [0.1, 0.15) is 5.60 Å². The molecule has 1 aliphatic heterocycles. The zero-order chi connectivity index (χ0) is 21.3. The maximum Gasteiger partial charge on any atom is 0.416 e. The minimum atomic E-state index is -4.62. The fourth-order valence-corrected chi connectivity index (χ4v) is 3.35. The molecule has 0 spiro atoms. The van der Waals surface area contributed by atoms with Crippen LogP contribution in [0, 0.1) is 0 Å². The number of carbonyl (C=O) groups is 1. The van der Waals surface area contributed by atoms with Crippen LogP contribution in [0.1, 0.15) is 51.7 Å². The summed E-state index contributed by atoms with van der Waals surface area (Å²) >= 11 is 5.76. The minimum Gasteiger partial charge on any atom is -0.444 e. The monoisotopic (exact) mass is 423 g/mol. The molecule has 9 heteroatoms. The van der Waals surface area contributed by atoms with Crippen LogP contribution in [0.5, 0.6) is 0 Å². The topological polar surface area (TPSA) is 56.8 Å². The Kier molecular flexibility index (Phi) is 6.57. The molecule has 3 atom stereocenters. The number of methoxy groups -OCH3 is 1. The molecule has 1 aromatic carbocycles. The lowest BCUT2D eigenvalue weighted by Gasteiger charge is -2.32. The van der Waals surface area contributed by atoms with Crippen molar-refractivity contribution in [2.45, 2.75) is 70.2 Å². The van der Waals surface area contributed by atoms with Gasteiger partial charge < -0.3 is 19.5 Å². The number of carbonyl (C=O) groups excluding carboxylic acids is 1. The average molecular weight is 424 g/mol. The quantitative estimate of drug-likeness (QED) is 0.718. The predicted octanol–water partition coefficient (Wildman–Crippen LogP) is 5.25. The number of rotatable bonds is 4. The van der Waals surface area contributed by atoms with Crippen molar-refractivity contribution in [1.82, 2.24) is 5.32 Å². The average Bonchev–Trinajstić information content (AvgIpc) is 2.98. The summed E-state index contributed by atoms with van der Waals surface area (Å²) in [7, 11) is 1.29. The number of hydrogen-bond donors (Lipinski definition) is 1. The van der Waals surface area contributed by atoms with Crippen molar-refractivity contribution < 1.29 is 32.2 Å². The zero-order valence-electron chi connectivity index (χ0n) is 16.4. The maximum atomic E-state index is 13.5. The molecule has 1 unspecified atom stereocenters. The van der Waals surface area contributed by atoms with Crippen LogP contribution in [-0.4, -0.2) is 30.9 Å². The van der Waals surface area contributed by atoms with E-state index in [-0.39, 0.29) is 17.0 Å². The third kappa shape index (κ3) is 5.30. The normalized spacial score (nSPS) is 24.1. The maximum absolute atomic E-state index is 13.5. The molecule has 1 heterocycles. The number of benzene rings is 1. The second-order valence-corrected chi connectivity index (χ2v) is 8.21. The summed E-state index contributed by atoms with van der Waals surface area (Å²) in [5.41, 5.74) is -1.71. The van der Waals surface area contributed by atoms with Crippen molar-refractivity contribution >= 4 is 17.7 Å². The van der Waals surface area contributed by atoms with E-state index in [0.717, 1.165) is 6.07 Å². The van der Waals surface area contributed by atoms with Gasteiger partial charge >= 0.3 is 12.3 Å². The molecule has 1 aromatic rings. The third-order valence-electron chi connectivity index (χ3n) is 4.43. The standard InChI is InChI=1S/C19H25ClF3NO4/c1-11(24-16(25)28-17(2,3)4)15-8-9-18(26-5,27-15)13-7-6-12(20)10-14(13)19(21,22)23/h6-7,10-11,15H,8-9H2,1-5H3,(H,24,25)/t11-,15-,18?/m0/s1. The van der Waals surface area contributed by atoms with E-state index in [4.69, 9.17) is 25.8 Å². The Balaban J connectivity index is 2.22. The number of alkyl carbamates (subject to hydrolysis) is 1. The minimum absolute atomic E-state index is 0.0307. The molecule has 2 rings (SSSR count). The van der Waals surface area contributed by atoms with E-state index in [0.29, 0.717) is 6.42 Å². The fourth-order valence-electron chi connectivity index (χ4n) is 3.17. The number of halogens is 4. The fraction of sp³-hybridized carbons (Fsp3) is 0.632. The molecule has 158 valence electrons. The Morgan fingerprint density at radius 2 is 2.00 bits per heavy atom. The Labute approximate surface area is 167 Å². The number of nitrogens with one attached hydrogen (secondary N) is 1. The van der Waals surface area contributed by atoms with Crippen LogP contribution in [0.15, 0.2) is 18.2 Å². The number of alkyl halides is 3. The number of hydrogen-bond acceptors (Lipinski definition) is 4. The second kappa shape index (κ2) is 8.08. The van der Waals surface area contributed by atoms with Crippen molar-refractivity contribution in [3.05, 3.63) is 34.3 Å².